The number of nitrogens with zero attached hydrogens (tertiary/aromatic N) is 2. The van der Waals surface area contributed by atoms with Gasteiger partial charge in [0, 0.05) is 24.4 Å². The fourth-order valence-electron chi connectivity index (χ4n) is 4.47. The standard InChI is InChI=1S/C23H29F4N3/c1-5-7-15(3)22(21-20(24)8-6-9-28-13-29-21)30-12-18-17(16(30)4)10-14(2)11-19(18)23(25,26)27/h10-11,13,20-22H,3-9,12H2,1-2H3,(H,28,29). The molecule has 2 heterocycles. The number of halogens is 4. The van der Waals surface area contributed by atoms with Crippen LogP contribution in [0.3, 0.4) is 0 Å². The Morgan fingerprint density at radius 2 is 2.10 bits per heavy atom. The number of alkyl halides is 4. The Morgan fingerprint density at radius 1 is 1.37 bits per heavy atom. The lowest BCUT2D eigenvalue weighted by Gasteiger charge is -2.40. The van der Waals surface area contributed by atoms with E-state index in [1.807, 2.05) is 6.92 Å². The molecule has 0 bridgehead atoms. The second-order valence-electron chi connectivity index (χ2n) is 8.15. The minimum absolute atomic E-state index is 0.0265. The second-order valence-corrected chi connectivity index (χ2v) is 8.15. The summed E-state index contributed by atoms with van der Waals surface area (Å²) in [5, 5.41) is 3.06. The van der Waals surface area contributed by atoms with Crippen molar-refractivity contribution in [3.63, 3.8) is 0 Å². The number of benzene rings is 1. The topological polar surface area (TPSA) is 27.6 Å². The molecule has 0 aromatic heterocycles. The Morgan fingerprint density at radius 3 is 2.77 bits per heavy atom. The molecule has 1 aromatic rings. The lowest BCUT2D eigenvalue weighted by atomic mass is 9.90. The highest BCUT2D eigenvalue weighted by atomic mass is 19.4. The van der Waals surface area contributed by atoms with Gasteiger partial charge in [-0.15, -0.1) is 0 Å². The predicted octanol–water partition coefficient (Wildman–Crippen LogP) is 5.64. The van der Waals surface area contributed by atoms with Crippen LogP contribution < -0.4 is 5.32 Å². The Hall–Kier alpha value is -2.31. The van der Waals surface area contributed by atoms with E-state index >= 15 is 4.39 Å². The maximum absolute atomic E-state index is 15.2. The molecule has 164 valence electrons. The number of rotatable bonds is 5. The smallest absolute Gasteiger partial charge is 0.368 e. The molecule has 1 aromatic carbocycles. The number of hydrogen-bond acceptors (Lipinski definition) is 3. The van der Waals surface area contributed by atoms with Crippen LogP contribution in [0, 0.1) is 6.92 Å². The monoisotopic (exact) mass is 423 g/mol. The Balaban J connectivity index is 2.04. The normalized spacial score (nSPS) is 22.9. The van der Waals surface area contributed by atoms with E-state index in [2.05, 4.69) is 23.5 Å². The summed E-state index contributed by atoms with van der Waals surface area (Å²) in [7, 11) is 0. The fraction of sp³-hybridized carbons (Fsp3) is 0.522. The van der Waals surface area contributed by atoms with Gasteiger partial charge in [0.15, 0.2) is 0 Å². The van der Waals surface area contributed by atoms with Crippen LogP contribution in [0.25, 0.3) is 5.70 Å². The van der Waals surface area contributed by atoms with Gasteiger partial charge in [-0.25, -0.2) is 4.39 Å². The number of nitrogens with one attached hydrogen (secondary N) is 1. The Labute approximate surface area is 175 Å². The first-order chi connectivity index (χ1) is 14.1. The quantitative estimate of drug-likeness (QED) is 0.490. The molecule has 2 aliphatic rings. The summed E-state index contributed by atoms with van der Waals surface area (Å²) in [6, 6.07) is 1.72. The summed E-state index contributed by atoms with van der Waals surface area (Å²) < 4.78 is 56.3. The van der Waals surface area contributed by atoms with Gasteiger partial charge in [0.1, 0.15) is 6.17 Å². The van der Waals surface area contributed by atoms with Crippen molar-refractivity contribution in [3.05, 3.63) is 53.1 Å². The van der Waals surface area contributed by atoms with E-state index in [4.69, 9.17) is 0 Å². The third-order valence-electron chi connectivity index (χ3n) is 5.87. The molecule has 0 saturated heterocycles. The highest BCUT2D eigenvalue weighted by Crippen LogP contribution is 2.44. The number of hydrogen-bond donors (Lipinski definition) is 1. The van der Waals surface area contributed by atoms with Crippen LogP contribution in [-0.2, 0) is 12.7 Å². The number of aryl methyl sites for hydroxylation is 1. The van der Waals surface area contributed by atoms with Crippen molar-refractivity contribution < 1.29 is 17.6 Å². The molecule has 3 nitrogen and oxygen atoms in total. The van der Waals surface area contributed by atoms with Crippen molar-refractivity contribution in [2.45, 2.75) is 70.5 Å². The molecule has 0 fully saturated rings. The summed E-state index contributed by atoms with van der Waals surface area (Å²) in [5.41, 5.74) is 1.81. The lowest BCUT2D eigenvalue weighted by molar-refractivity contribution is -0.138. The third-order valence-corrected chi connectivity index (χ3v) is 5.87. The van der Waals surface area contributed by atoms with Crippen LogP contribution in [0.1, 0.15) is 54.9 Å². The molecule has 1 N–H and O–H groups in total. The minimum Gasteiger partial charge on any atom is -0.368 e. The van der Waals surface area contributed by atoms with E-state index in [1.54, 1.807) is 17.9 Å². The van der Waals surface area contributed by atoms with Gasteiger partial charge < -0.3 is 10.2 Å². The van der Waals surface area contributed by atoms with Gasteiger partial charge in [0.05, 0.1) is 24.0 Å². The maximum Gasteiger partial charge on any atom is 0.416 e. The molecule has 3 rings (SSSR count). The number of aliphatic imine (C=N–C) groups is 1. The summed E-state index contributed by atoms with van der Waals surface area (Å²) in [5.74, 6) is 0. The summed E-state index contributed by atoms with van der Waals surface area (Å²) in [6.45, 7) is 12.5. The average molecular weight is 423 g/mol. The fourth-order valence-corrected chi connectivity index (χ4v) is 4.47. The zero-order chi connectivity index (χ0) is 22.1. The molecule has 7 heteroatoms. The molecule has 30 heavy (non-hydrogen) atoms. The van der Waals surface area contributed by atoms with E-state index in [9.17, 15) is 13.2 Å². The van der Waals surface area contributed by atoms with Crippen molar-refractivity contribution in [1.29, 1.82) is 0 Å². The van der Waals surface area contributed by atoms with Crippen LogP contribution in [-0.4, -0.2) is 36.0 Å². The summed E-state index contributed by atoms with van der Waals surface area (Å²) in [4.78, 5) is 6.01. The molecule has 3 unspecified atom stereocenters. The van der Waals surface area contributed by atoms with Crippen molar-refractivity contribution >= 4 is 12.0 Å². The van der Waals surface area contributed by atoms with Crippen LogP contribution in [0.2, 0.25) is 0 Å². The first kappa shape index (κ1) is 22.4. The molecule has 0 radical (unpaired) electrons. The summed E-state index contributed by atoms with van der Waals surface area (Å²) >= 11 is 0. The highest BCUT2D eigenvalue weighted by Gasteiger charge is 2.42. The van der Waals surface area contributed by atoms with Gasteiger partial charge in [0.2, 0.25) is 0 Å². The van der Waals surface area contributed by atoms with Gasteiger partial charge in [-0.05, 0) is 49.4 Å². The molecule has 0 saturated carbocycles. The molecule has 2 aliphatic heterocycles. The highest BCUT2D eigenvalue weighted by molar-refractivity contribution is 5.72. The third kappa shape index (κ3) is 4.40. The van der Waals surface area contributed by atoms with Gasteiger partial charge >= 0.3 is 6.18 Å². The lowest BCUT2D eigenvalue weighted by Crippen LogP contribution is -2.53. The van der Waals surface area contributed by atoms with Gasteiger partial charge in [-0.1, -0.05) is 32.1 Å². The van der Waals surface area contributed by atoms with Gasteiger partial charge in [-0.2, -0.15) is 13.2 Å². The van der Waals surface area contributed by atoms with Crippen LogP contribution in [0.15, 0.2) is 35.9 Å². The Bertz CT molecular complexity index is 844. The van der Waals surface area contributed by atoms with E-state index in [0.717, 1.165) is 12.0 Å². The van der Waals surface area contributed by atoms with Gasteiger partial charge in [0.25, 0.3) is 0 Å². The van der Waals surface area contributed by atoms with Crippen molar-refractivity contribution in [3.8, 4) is 0 Å². The van der Waals surface area contributed by atoms with E-state index < -0.39 is 30.0 Å². The molecular weight excluding hydrogens is 394 g/mol. The maximum atomic E-state index is 15.2. The van der Waals surface area contributed by atoms with Crippen molar-refractivity contribution in [2.24, 2.45) is 4.99 Å². The largest absolute Gasteiger partial charge is 0.416 e. The SMILES string of the molecule is C=C(CCC)C(C1NC=NCCCC1F)N1Cc2c(cc(C)cc2C(F)(F)F)C1=C. The van der Waals surface area contributed by atoms with Gasteiger partial charge in [-0.3, -0.25) is 4.99 Å². The van der Waals surface area contributed by atoms with Crippen LogP contribution in [0.5, 0.6) is 0 Å². The first-order valence-electron chi connectivity index (χ1n) is 10.4. The van der Waals surface area contributed by atoms with Crippen LogP contribution in [0.4, 0.5) is 17.6 Å². The zero-order valence-corrected chi connectivity index (χ0v) is 17.5. The van der Waals surface area contributed by atoms with E-state index in [1.165, 1.54) is 12.4 Å². The van der Waals surface area contributed by atoms with Crippen molar-refractivity contribution in [2.75, 3.05) is 6.54 Å². The average Bonchev–Trinajstić information content (AvgIpc) is 2.96. The molecular formula is C23H29F4N3. The first-order valence-corrected chi connectivity index (χ1v) is 10.4. The van der Waals surface area contributed by atoms with E-state index in [-0.39, 0.29) is 12.1 Å². The molecule has 0 aliphatic carbocycles. The zero-order valence-electron chi connectivity index (χ0n) is 17.5. The Kier molecular flexibility index (Phi) is 6.58. The molecule has 0 amide bonds. The minimum atomic E-state index is -4.46. The van der Waals surface area contributed by atoms with Crippen LogP contribution >= 0.6 is 0 Å². The number of fused-ring (bicyclic) bond motifs is 1. The summed E-state index contributed by atoms with van der Waals surface area (Å²) in [6.07, 6.45) is -1.69. The molecule has 3 atom stereocenters. The molecule has 0 spiro atoms. The predicted molar refractivity (Wildman–Crippen MR) is 113 cm³/mol. The second kappa shape index (κ2) is 8.82. The van der Waals surface area contributed by atoms with E-state index in [0.29, 0.717) is 42.6 Å². The van der Waals surface area contributed by atoms with Crippen molar-refractivity contribution in [1.82, 2.24) is 10.2 Å².